The van der Waals surface area contributed by atoms with Crippen molar-refractivity contribution >= 4 is 33.4 Å². The Bertz CT molecular complexity index is 1020. The zero-order chi connectivity index (χ0) is 20.0. The summed E-state index contributed by atoms with van der Waals surface area (Å²) in [6.45, 7) is 3.39. The molecule has 1 aromatic carbocycles. The molecule has 27 heavy (non-hydrogen) atoms. The van der Waals surface area contributed by atoms with E-state index in [0.717, 1.165) is 0 Å². The van der Waals surface area contributed by atoms with E-state index in [-0.39, 0.29) is 21.6 Å². The molecule has 2 heterocycles. The third-order valence-electron chi connectivity index (χ3n) is 4.77. The fourth-order valence-corrected chi connectivity index (χ4v) is 4.89. The Morgan fingerprint density at radius 1 is 1.26 bits per heavy atom. The highest BCUT2D eigenvalue weighted by Gasteiger charge is 2.51. The summed E-state index contributed by atoms with van der Waals surface area (Å²) >= 11 is 6.01. The fourth-order valence-electron chi connectivity index (χ4n) is 3.06. The van der Waals surface area contributed by atoms with Crippen LogP contribution in [0, 0.1) is 6.92 Å². The second-order valence-electron chi connectivity index (χ2n) is 6.61. The van der Waals surface area contributed by atoms with E-state index in [9.17, 15) is 18.0 Å². The van der Waals surface area contributed by atoms with Gasteiger partial charge in [-0.3, -0.25) is 14.3 Å². The second kappa shape index (κ2) is 6.65. The van der Waals surface area contributed by atoms with Crippen LogP contribution in [0.2, 0.25) is 5.15 Å². The second-order valence-corrected chi connectivity index (χ2v) is 8.59. The van der Waals surface area contributed by atoms with Crippen LogP contribution in [-0.4, -0.2) is 47.0 Å². The lowest BCUT2D eigenvalue weighted by Crippen LogP contribution is -2.67. The van der Waals surface area contributed by atoms with Crippen LogP contribution in [0.1, 0.15) is 29.4 Å². The molecule has 0 bridgehead atoms. The number of halogens is 1. The number of rotatable bonds is 4. The molecule has 1 aliphatic rings. The van der Waals surface area contributed by atoms with Gasteiger partial charge in [-0.25, -0.2) is 13.1 Å². The number of sulfonamides is 1. The number of likely N-dealkylation sites (tertiary alicyclic amines) is 1. The number of hydrogen-bond donors (Lipinski definition) is 1. The van der Waals surface area contributed by atoms with Crippen molar-refractivity contribution in [3.05, 3.63) is 46.7 Å². The van der Waals surface area contributed by atoms with Gasteiger partial charge in [-0.2, -0.15) is 5.10 Å². The molecule has 0 radical (unpaired) electrons. The molecule has 10 heteroatoms. The largest absolute Gasteiger partial charge is 0.324 e. The average molecular weight is 411 g/mol. The summed E-state index contributed by atoms with van der Waals surface area (Å²) in [5, 5.41) is 3.86. The molecule has 3 rings (SSSR count). The Labute approximate surface area is 162 Å². The van der Waals surface area contributed by atoms with Crippen molar-refractivity contribution in [2.24, 2.45) is 7.05 Å². The van der Waals surface area contributed by atoms with Crippen molar-refractivity contribution in [2.75, 3.05) is 6.54 Å². The van der Waals surface area contributed by atoms with E-state index in [0.29, 0.717) is 18.5 Å². The number of nitrogens with zero attached hydrogens (tertiary/aromatic N) is 3. The van der Waals surface area contributed by atoms with Crippen LogP contribution in [0.4, 0.5) is 0 Å². The number of aromatic nitrogens is 2. The fraction of sp³-hybridized carbons (Fsp3) is 0.353. The molecule has 2 amide bonds. The van der Waals surface area contributed by atoms with Crippen molar-refractivity contribution in [2.45, 2.75) is 30.7 Å². The number of aryl methyl sites for hydroxylation is 2. The standard InChI is InChI=1S/C17H19ClN4O4S/c1-11-13(14(18)21(3)19-11)27(25,26)20-16(24)17(2)9-10-22(17)15(23)12-7-5-4-6-8-12/h4-8H,9-10H2,1-3H3,(H,20,24). The lowest BCUT2D eigenvalue weighted by atomic mass is 9.85. The summed E-state index contributed by atoms with van der Waals surface area (Å²) in [6.07, 6.45) is 0.354. The molecule has 144 valence electrons. The highest BCUT2D eigenvalue weighted by Crippen LogP contribution is 2.33. The number of carbonyl (C=O) groups is 2. The molecular weight excluding hydrogens is 392 g/mol. The van der Waals surface area contributed by atoms with Gasteiger partial charge in [-0.05, 0) is 32.4 Å². The highest BCUT2D eigenvalue weighted by atomic mass is 35.5. The van der Waals surface area contributed by atoms with Gasteiger partial charge < -0.3 is 4.90 Å². The molecule has 0 saturated carbocycles. The number of benzene rings is 1. The zero-order valence-electron chi connectivity index (χ0n) is 15.1. The molecule has 1 atom stereocenters. The molecule has 1 N–H and O–H groups in total. The van der Waals surface area contributed by atoms with Crippen molar-refractivity contribution in [1.82, 2.24) is 19.4 Å². The Hall–Kier alpha value is -2.39. The van der Waals surface area contributed by atoms with Crippen molar-refractivity contribution in [3.8, 4) is 0 Å². The van der Waals surface area contributed by atoms with Crippen LogP contribution in [0.5, 0.6) is 0 Å². The average Bonchev–Trinajstić information content (AvgIpc) is 2.86. The smallest absolute Gasteiger partial charge is 0.269 e. The third kappa shape index (κ3) is 3.21. The SMILES string of the molecule is Cc1nn(C)c(Cl)c1S(=O)(=O)NC(=O)C1(C)CCN1C(=O)c1ccccc1. The van der Waals surface area contributed by atoms with E-state index in [2.05, 4.69) is 5.10 Å². The van der Waals surface area contributed by atoms with Gasteiger partial charge in [0.2, 0.25) is 0 Å². The first-order valence-corrected chi connectivity index (χ1v) is 10.1. The van der Waals surface area contributed by atoms with E-state index in [1.165, 1.54) is 23.6 Å². The molecule has 1 unspecified atom stereocenters. The van der Waals surface area contributed by atoms with Gasteiger partial charge in [0, 0.05) is 19.2 Å². The van der Waals surface area contributed by atoms with Gasteiger partial charge in [0.25, 0.3) is 21.8 Å². The maximum Gasteiger partial charge on any atom is 0.269 e. The summed E-state index contributed by atoms with van der Waals surface area (Å²) in [6, 6.07) is 8.53. The van der Waals surface area contributed by atoms with Gasteiger partial charge in [0.05, 0.1) is 5.69 Å². The molecule has 2 aromatic rings. The number of carbonyl (C=O) groups excluding carboxylic acids is 2. The Morgan fingerprint density at radius 2 is 1.89 bits per heavy atom. The van der Waals surface area contributed by atoms with E-state index in [4.69, 9.17) is 11.6 Å². The lowest BCUT2D eigenvalue weighted by Gasteiger charge is -2.48. The molecule has 1 fully saturated rings. The van der Waals surface area contributed by atoms with Crippen LogP contribution in [0.3, 0.4) is 0 Å². The Kier molecular flexibility index (Phi) is 4.77. The molecule has 0 spiro atoms. The Balaban J connectivity index is 1.84. The molecule has 8 nitrogen and oxygen atoms in total. The van der Waals surface area contributed by atoms with E-state index < -0.39 is 21.5 Å². The van der Waals surface area contributed by atoms with E-state index in [1.807, 2.05) is 4.72 Å². The van der Waals surface area contributed by atoms with Crippen LogP contribution in [0.25, 0.3) is 0 Å². The highest BCUT2D eigenvalue weighted by molar-refractivity contribution is 7.90. The van der Waals surface area contributed by atoms with E-state index in [1.54, 1.807) is 37.3 Å². The summed E-state index contributed by atoms with van der Waals surface area (Å²) in [5.74, 6) is -1.11. The molecule has 1 aromatic heterocycles. The summed E-state index contributed by atoms with van der Waals surface area (Å²) in [7, 11) is -2.72. The van der Waals surface area contributed by atoms with Crippen LogP contribution >= 0.6 is 11.6 Å². The molecule has 1 aliphatic heterocycles. The van der Waals surface area contributed by atoms with E-state index >= 15 is 0 Å². The normalized spacial score (nSPS) is 19.5. The minimum Gasteiger partial charge on any atom is -0.324 e. The maximum atomic E-state index is 12.8. The van der Waals surface area contributed by atoms with Crippen molar-refractivity contribution < 1.29 is 18.0 Å². The third-order valence-corrected chi connectivity index (χ3v) is 6.79. The topological polar surface area (TPSA) is 101 Å². The summed E-state index contributed by atoms with van der Waals surface area (Å²) in [4.78, 5) is 26.5. The van der Waals surface area contributed by atoms with Gasteiger partial charge in [0.15, 0.2) is 0 Å². The summed E-state index contributed by atoms with van der Waals surface area (Å²) < 4.78 is 28.6. The van der Waals surface area contributed by atoms with Gasteiger partial charge in [-0.1, -0.05) is 29.8 Å². The number of amides is 2. The molecule has 1 saturated heterocycles. The van der Waals surface area contributed by atoms with Gasteiger partial charge in [0.1, 0.15) is 15.6 Å². The molecule has 0 aliphatic carbocycles. The lowest BCUT2D eigenvalue weighted by molar-refractivity contribution is -0.135. The van der Waals surface area contributed by atoms with Gasteiger partial charge in [-0.15, -0.1) is 0 Å². The predicted molar refractivity (Wildman–Crippen MR) is 98.8 cm³/mol. The molecular formula is C17H19ClN4O4S. The van der Waals surface area contributed by atoms with Crippen molar-refractivity contribution in [3.63, 3.8) is 0 Å². The first-order chi connectivity index (χ1) is 12.6. The number of hydrogen-bond acceptors (Lipinski definition) is 5. The van der Waals surface area contributed by atoms with Crippen LogP contribution in [0.15, 0.2) is 35.2 Å². The maximum absolute atomic E-state index is 12.8. The van der Waals surface area contributed by atoms with Gasteiger partial charge >= 0.3 is 0 Å². The minimum absolute atomic E-state index is 0.0937. The minimum atomic E-state index is -4.23. The number of nitrogens with one attached hydrogen (secondary N) is 1. The van der Waals surface area contributed by atoms with Crippen LogP contribution < -0.4 is 4.72 Å². The quantitative estimate of drug-likeness (QED) is 0.822. The monoisotopic (exact) mass is 410 g/mol. The first-order valence-electron chi connectivity index (χ1n) is 8.21. The van der Waals surface area contributed by atoms with Crippen LogP contribution in [-0.2, 0) is 21.9 Å². The summed E-state index contributed by atoms with van der Waals surface area (Å²) in [5.41, 5.74) is -0.646. The zero-order valence-corrected chi connectivity index (χ0v) is 16.6. The first kappa shape index (κ1) is 19.4. The Morgan fingerprint density at radius 3 is 2.37 bits per heavy atom. The predicted octanol–water partition coefficient (Wildman–Crippen LogP) is 1.49. The van der Waals surface area contributed by atoms with Crippen molar-refractivity contribution in [1.29, 1.82) is 0 Å².